The Labute approximate surface area is 107 Å². The molecule has 0 rings (SSSR count). The number of thioether (sulfide) groups is 1. The first kappa shape index (κ1) is 16.5. The van der Waals surface area contributed by atoms with Crippen LogP contribution < -0.4 is 0 Å². The summed E-state index contributed by atoms with van der Waals surface area (Å²) in [4.78, 5) is 0. The minimum absolute atomic E-state index is 0.890. The number of ether oxygens (including phenoxy) is 1. The summed E-state index contributed by atoms with van der Waals surface area (Å²) in [6.07, 6.45) is 3.77. The summed E-state index contributed by atoms with van der Waals surface area (Å²) in [6, 6.07) is 0. The quantitative estimate of drug-likeness (QED) is 0.418. The van der Waals surface area contributed by atoms with Gasteiger partial charge in [-0.1, -0.05) is 19.8 Å². The van der Waals surface area contributed by atoms with E-state index in [9.17, 15) is 0 Å². The van der Waals surface area contributed by atoms with E-state index in [0.29, 0.717) is 0 Å². The van der Waals surface area contributed by atoms with Crippen LogP contribution in [-0.4, -0.2) is 39.6 Å². The van der Waals surface area contributed by atoms with Crippen LogP contribution in [-0.2, 0) is 9.16 Å². The van der Waals surface area contributed by atoms with Crippen molar-refractivity contribution in [3.05, 3.63) is 0 Å². The fourth-order valence-electron chi connectivity index (χ4n) is 1.18. The van der Waals surface area contributed by atoms with Crippen LogP contribution in [0.3, 0.4) is 0 Å². The minimum Gasteiger partial charge on any atom is -0.417 e. The fourth-order valence-corrected chi connectivity index (χ4v) is 2.69. The summed E-state index contributed by atoms with van der Waals surface area (Å²) in [5, 5.41) is 0. The van der Waals surface area contributed by atoms with Crippen molar-refractivity contribution in [2.24, 2.45) is 0 Å². The van der Waals surface area contributed by atoms with Crippen LogP contribution in [0.4, 0.5) is 0 Å². The molecule has 0 heterocycles. The number of hydrogen-bond acceptors (Lipinski definition) is 3. The molecule has 4 heteroatoms. The number of rotatable bonds is 11. The molecule has 0 aromatic rings. The molecule has 0 spiro atoms. The van der Waals surface area contributed by atoms with Crippen molar-refractivity contribution < 1.29 is 9.16 Å². The topological polar surface area (TPSA) is 18.5 Å². The number of hydrogen-bond donors (Lipinski definition) is 0. The molecule has 0 saturated carbocycles. The van der Waals surface area contributed by atoms with Gasteiger partial charge < -0.3 is 9.16 Å². The zero-order valence-electron chi connectivity index (χ0n) is 11.4. The molecular formula is C12H28O2SSi. The lowest BCUT2D eigenvalue weighted by molar-refractivity contribution is 0.145. The molecule has 0 amide bonds. The molecule has 0 aromatic carbocycles. The van der Waals surface area contributed by atoms with Crippen LogP contribution in [0.5, 0.6) is 0 Å². The Bertz CT molecular complexity index is 148. The highest BCUT2D eigenvalue weighted by Crippen LogP contribution is 2.05. The molecule has 0 aliphatic rings. The van der Waals surface area contributed by atoms with Gasteiger partial charge in [-0.2, -0.15) is 11.8 Å². The van der Waals surface area contributed by atoms with E-state index in [-0.39, 0.29) is 0 Å². The molecule has 0 fully saturated rings. The molecule has 98 valence electrons. The van der Waals surface area contributed by atoms with Crippen molar-refractivity contribution in [2.75, 3.05) is 31.3 Å². The first-order valence-corrected chi connectivity index (χ1v) is 10.9. The van der Waals surface area contributed by atoms with E-state index in [1.54, 1.807) is 0 Å². The molecule has 0 bridgehead atoms. The van der Waals surface area contributed by atoms with Crippen LogP contribution >= 0.6 is 11.8 Å². The van der Waals surface area contributed by atoms with E-state index >= 15 is 0 Å². The molecule has 0 atom stereocenters. The predicted octanol–water partition coefficient (Wildman–Crippen LogP) is 3.78. The van der Waals surface area contributed by atoms with Gasteiger partial charge in [0, 0.05) is 24.7 Å². The largest absolute Gasteiger partial charge is 0.417 e. The second-order valence-corrected chi connectivity index (χ2v) is 10.6. The van der Waals surface area contributed by atoms with Gasteiger partial charge in [-0.3, -0.25) is 0 Å². The van der Waals surface area contributed by atoms with E-state index in [4.69, 9.17) is 9.16 Å². The van der Waals surface area contributed by atoms with E-state index in [0.717, 1.165) is 31.3 Å². The van der Waals surface area contributed by atoms with Crippen molar-refractivity contribution in [2.45, 2.75) is 45.8 Å². The Kier molecular flexibility index (Phi) is 11.0. The molecular weight excluding hydrogens is 236 g/mol. The first-order chi connectivity index (χ1) is 7.56. The summed E-state index contributed by atoms with van der Waals surface area (Å²) < 4.78 is 11.3. The second kappa shape index (κ2) is 10.6. The maximum atomic E-state index is 5.77. The van der Waals surface area contributed by atoms with Gasteiger partial charge >= 0.3 is 0 Å². The van der Waals surface area contributed by atoms with Crippen molar-refractivity contribution in [3.63, 3.8) is 0 Å². The number of unbranched alkanes of at least 4 members (excludes halogenated alkanes) is 2. The third-order valence-corrected chi connectivity index (χ3v) is 4.01. The van der Waals surface area contributed by atoms with Gasteiger partial charge in [0.15, 0.2) is 8.32 Å². The molecule has 0 N–H and O–H groups in total. The normalized spacial score (nSPS) is 12.0. The Balaban J connectivity index is 2.99. The molecule has 0 aromatic heterocycles. The van der Waals surface area contributed by atoms with Gasteiger partial charge in [0.1, 0.15) is 0 Å². The zero-order valence-corrected chi connectivity index (χ0v) is 13.2. The Morgan fingerprint density at radius 2 is 1.62 bits per heavy atom. The van der Waals surface area contributed by atoms with E-state index in [1.807, 2.05) is 11.8 Å². The summed E-state index contributed by atoms with van der Waals surface area (Å²) in [6.45, 7) is 11.6. The average molecular weight is 265 g/mol. The third kappa shape index (κ3) is 14.5. The van der Waals surface area contributed by atoms with Crippen LogP contribution in [0.1, 0.15) is 26.2 Å². The monoisotopic (exact) mass is 264 g/mol. The van der Waals surface area contributed by atoms with Crippen molar-refractivity contribution >= 4 is 20.1 Å². The molecule has 0 aliphatic carbocycles. The van der Waals surface area contributed by atoms with Gasteiger partial charge in [0.2, 0.25) is 0 Å². The van der Waals surface area contributed by atoms with Crippen LogP contribution in [0.2, 0.25) is 19.6 Å². The maximum absolute atomic E-state index is 5.77. The Morgan fingerprint density at radius 3 is 2.25 bits per heavy atom. The summed E-state index contributed by atoms with van der Waals surface area (Å²) in [5.41, 5.74) is 0. The van der Waals surface area contributed by atoms with E-state index in [1.165, 1.54) is 19.3 Å². The first-order valence-electron chi connectivity index (χ1n) is 6.35. The van der Waals surface area contributed by atoms with Gasteiger partial charge in [0.05, 0.1) is 6.61 Å². The molecule has 2 nitrogen and oxygen atoms in total. The summed E-state index contributed by atoms with van der Waals surface area (Å²) in [5.74, 6) is 2.20. The van der Waals surface area contributed by atoms with E-state index in [2.05, 4.69) is 26.6 Å². The van der Waals surface area contributed by atoms with Gasteiger partial charge in [-0.05, 0) is 26.1 Å². The molecule has 0 unspecified atom stereocenters. The van der Waals surface area contributed by atoms with Gasteiger partial charge in [-0.25, -0.2) is 0 Å². The zero-order chi connectivity index (χ0) is 12.3. The highest BCUT2D eigenvalue weighted by molar-refractivity contribution is 7.99. The SMILES string of the molecule is CCCCCOCCSCCO[Si](C)(C)C. The van der Waals surface area contributed by atoms with Crippen LogP contribution in [0, 0.1) is 0 Å². The maximum Gasteiger partial charge on any atom is 0.183 e. The van der Waals surface area contributed by atoms with Crippen LogP contribution in [0.25, 0.3) is 0 Å². The lowest BCUT2D eigenvalue weighted by Crippen LogP contribution is -2.26. The van der Waals surface area contributed by atoms with Crippen LogP contribution in [0.15, 0.2) is 0 Å². The smallest absolute Gasteiger partial charge is 0.183 e. The van der Waals surface area contributed by atoms with Gasteiger partial charge in [0.25, 0.3) is 0 Å². The highest BCUT2D eigenvalue weighted by Gasteiger charge is 2.12. The summed E-state index contributed by atoms with van der Waals surface area (Å²) in [7, 11) is -1.29. The average Bonchev–Trinajstić information content (AvgIpc) is 2.19. The van der Waals surface area contributed by atoms with Crippen molar-refractivity contribution in [1.82, 2.24) is 0 Å². The predicted molar refractivity (Wildman–Crippen MR) is 77.0 cm³/mol. The molecule has 0 saturated heterocycles. The lowest BCUT2D eigenvalue weighted by atomic mass is 10.3. The van der Waals surface area contributed by atoms with Crippen molar-refractivity contribution in [3.8, 4) is 0 Å². The Hall–Kier alpha value is 0.487. The van der Waals surface area contributed by atoms with Crippen molar-refractivity contribution in [1.29, 1.82) is 0 Å². The molecule has 16 heavy (non-hydrogen) atoms. The van der Waals surface area contributed by atoms with E-state index < -0.39 is 8.32 Å². The lowest BCUT2D eigenvalue weighted by Gasteiger charge is -2.16. The molecule has 0 radical (unpaired) electrons. The standard InChI is InChI=1S/C12H28O2SSi/c1-5-6-7-8-13-9-11-15-12-10-14-16(2,3)4/h5-12H2,1-4H3. The third-order valence-electron chi connectivity index (χ3n) is 2.03. The second-order valence-electron chi connectivity index (χ2n) is 4.89. The minimum atomic E-state index is -1.29. The fraction of sp³-hybridized carbons (Fsp3) is 1.00. The Morgan fingerprint density at radius 1 is 0.938 bits per heavy atom. The molecule has 0 aliphatic heterocycles. The van der Waals surface area contributed by atoms with Gasteiger partial charge in [-0.15, -0.1) is 0 Å². The summed E-state index contributed by atoms with van der Waals surface area (Å²) >= 11 is 1.93. The highest BCUT2D eigenvalue weighted by atomic mass is 32.2.